The van der Waals surface area contributed by atoms with Crippen molar-refractivity contribution in [2.45, 2.75) is 31.6 Å². The van der Waals surface area contributed by atoms with Crippen molar-refractivity contribution in [1.82, 2.24) is 9.97 Å². The zero-order valence-electron chi connectivity index (χ0n) is 6.84. The highest BCUT2D eigenvalue weighted by Crippen LogP contribution is 2.18. The van der Waals surface area contributed by atoms with Crippen LogP contribution in [0, 0.1) is 0 Å². The summed E-state index contributed by atoms with van der Waals surface area (Å²) in [6.07, 6.45) is 4.57. The van der Waals surface area contributed by atoms with Gasteiger partial charge in [0.1, 0.15) is 5.82 Å². The van der Waals surface area contributed by atoms with Crippen LogP contribution in [0.2, 0.25) is 0 Å². The van der Waals surface area contributed by atoms with E-state index in [1.165, 1.54) is 0 Å². The highest BCUT2D eigenvalue weighted by atomic mass is 35.5. The van der Waals surface area contributed by atoms with Crippen molar-refractivity contribution >= 4 is 11.6 Å². The van der Waals surface area contributed by atoms with Gasteiger partial charge in [0.25, 0.3) is 0 Å². The minimum Gasteiger partial charge on any atom is -0.348 e. The third-order valence-corrected chi connectivity index (χ3v) is 1.84. The number of halogens is 1. The first-order chi connectivity index (χ1) is 5.20. The molecule has 1 aromatic heterocycles. The van der Waals surface area contributed by atoms with Crippen LogP contribution in [0.4, 0.5) is 0 Å². The van der Waals surface area contributed by atoms with E-state index in [-0.39, 0.29) is 5.38 Å². The molecule has 0 bridgehead atoms. The van der Waals surface area contributed by atoms with Crippen molar-refractivity contribution in [2.24, 2.45) is 0 Å². The lowest BCUT2D eigenvalue weighted by atomic mass is 10.1. The highest BCUT2D eigenvalue weighted by Gasteiger charge is 2.09. The Kier molecular flexibility index (Phi) is 2.94. The summed E-state index contributed by atoms with van der Waals surface area (Å²) in [4.78, 5) is 7.23. The minimum atomic E-state index is 0.218. The molecule has 1 heterocycles. The van der Waals surface area contributed by atoms with Gasteiger partial charge in [0, 0.05) is 23.7 Å². The quantitative estimate of drug-likeness (QED) is 0.698. The lowest BCUT2D eigenvalue weighted by molar-refractivity contribution is 0.639. The summed E-state index contributed by atoms with van der Waals surface area (Å²) in [7, 11) is 0. The van der Waals surface area contributed by atoms with Crippen LogP contribution in [-0.4, -0.2) is 15.3 Å². The lowest BCUT2D eigenvalue weighted by Gasteiger charge is -2.08. The Hall–Kier alpha value is -0.500. The second kappa shape index (κ2) is 3.77. The monoisotopic (exact) mass is 172 g/mol. The Morgan fingerprint density at radius 1 is 1.64 bits per heavy atom. The van der Waals surface area contributed by atoms with Gasteiger partial charge in [-0.1, -0.05) is 6.92 Å². The van der Waals surface area contributed by atoms with Crippen LogP contribution in [0.3, 0.4) is 0 Å². The molecule has 11 heavy (non-hydrogen) atoms. The lowest BCUT2D eigenvalue weighted by Crippen LogP contribution is -2.02. The Labute approximate surface area is 72.0 Å². The van der Waals surface area contributed by atoms with Crippen LogP contribution in [-0.2, 0) is 0 Å². The highest BCUT2D eigenvalue weighted by molar-refractivity contribution is 6.20. The molecule has 1 rings (SSSR count). The average molecular weight is 173 g/mol. The first kappa shape index (κ1) is 8.60. The van der Waals surface area contributed by atoms with E-state index in [0.717, 1.165) is 12.2 Å². The second-order valence-corrected chi connectivity index (χ2v) is 3.64. The molecule has 1 N–H and O–H groups in total. The molecule has 0 fully saturated rings. The van der Waals surface area contributed by atoms with Gasteiger partial charge in [0.15, 0.2) is 0 Å². The zero-order valence-corrected chi connectivity index (χ0v) is 7.60. The summed E-state index contributed by atoms with van der Waals surface area (Å²) in [5.41, 5.74) is 0. The average Bonchev–Trinajstić information content (AvgIpc) is 2.35. The van der Waals surface area contributed by atoms with Gasteiger partial charge in [0.2, 0.25) is 0 Å². The molecule has 0 radical (unpaired) electrons. The molecule has 0 aliphatic carbocycles. The van der Waals surface area contributed by atoms with Gasteiger partial charge >= 0.3 is 0 Å². The van der Waals surface area contributed by atoms with Crippen molar-refractivity contribution in [2.75, 3.05) is 0 Å². The number of aromatic amines is 1. The number of alkyl halides is 1. The van der Waals surface area contributed by atoms with Crippen LogP contribution in [0.15, 0.2) is 12.4 Å². The van der Waals surface area contributed by atoms with Crippen molar-refractivity contribution in [3.8, 4) is 0 Å². The molecular formula is C8H13ClN2. The number of aromatic nitrogens is 2. The van der Waals surface area contributed by atoms with E-state index in [4.69, 9.17) is 11.6 Å². The number of H-pyrrole nitrogens is 1. The Balaban J connectivity index is 2.49. The van der Waals surface area contributed by atoms with Crippen LogP contribution in [0.1, 0.15) is 32.0 Å². The normalized spacial score (nSPS) is 16.3. The summed E-state index contributed by atoms with van der Waals surface area (Å²) in [5, 5.41) is 0.218. The fourth-order valence-electron chi connectivity index (χ4n) is 1.15. The van der Waals surface area contributed by atoms with E-state index in [1.807, 2.05) is 13.1 Å². The molecule has 62 valence electrons. The maximum Gasteiger partial charge on any atom is 0.108 e. The number of rotatable bonds is 3. The Bertz CT molecular complexity index is 194. The van der Waals surface area contributed by atoms with E-state index < -0.39 is 0 Å². The van der Waals surface area contributed by atoms with Crippen molar-refractivity contribution < 1.29 is 0 Å². The summed E-state index contributed by atoms with van der Waals surface area (Å²) < 4.78 is 0. The number of hydrogen-bond donors (Lipinski definition) is 1. The van der Waals surface area contributed by atoms with Crippen LogP contribution < -0.4 is 0 Å². The fourth-order valence-corrected chi connectivity index (χ4v) is 1.41. The summed E-state index contributed by atoms with van der Waals surface area (Å²) in [5.74, 6) is 1.45. The minimum absolute atomic E-state index is 0.218. The third kappa shape index (κ3) is 2.54. The van der Waals surface area contributed by atoms with Gasteiger partial charge in [-0.05, 0) is 13.3 Å². The van der Waals surface area contributed by atoms with Crippen LogP contribution in [0.5, 0.6) is 0 Å². The van der Waals surface area contributed by atoms with Crippen molar-refractivity contribution in [3.05, 3.63) is 18.2 Å². The third-order valence-electron chi connectivity index (χ3n) is 1.66. The summed E-state index contributed by atoms with van der Waals surface area (Å²) >= 11 is 5.85. The van der Waals surface area contributed by atoms with Crippen LogP contribution in [0.25, 0.3) is 0 Å². The first-order valence-corrected chi connectivity index (χ1v) is 4.27. The number of imidazole rings is 1. The maximum absolute atomic E-state index is 5.85. The second-order valence-electron chi connectivity index (χ2n) is 2.89. The van der Waals surface area contributed by atoms with Crippen molar-refractivity contribution in [1.29, 1.82) is 0 Å². The Morgan fingerprint density at radius 2 is 2.36 bits per heavy atom. The summed E-state index contributed by atoms with van der Waals surface area (Å²) in [6, 6.07) is 0. The first-order valence-electron chi connectivity index (χ1n) is 3.83. The molecule has 0 saturated heterocycles. The van der Waals surface area contributed by atoms with E-state index >= 15 is 0 Å². The number of nitrogens with zero attached hydrogens (tertiary/aromatic N) is 1. The molecule has 2 unspecified atom stereocenters. The van der Waals surface area contributed by atoms with Gasteiger partial charge < -0.3 is 4.98 Å². The molecule has 0 aromatic carbocycles. The number of hydrogen-bond acceptors (Lipinski definition) is 1. The van der Waals surface area contributed by atoms with Gasteiger partial charge in [-0.2, -0.15) is 0 Å². The molecule has 0 spiro atoms. The Morgan fingerprint density at radius 3 is 2.82 bits per heavy atom. The largest absolute Gasteiger partial charge is 0.348 e. The zero-order chi connectivity index (χ0) is 8.27. The van der Waals surface area contributed by atoms with Gasteiger partial charge in [-0.15, -0.1) is 11.6 Å². The van der Waals surface area contributed by atoms with Crippen LogP contribution >= 0.6 is 11.6 Å². The van der Waals surface area contributed by atoms with E-state index in [0.29, 0.717) is 5.92 Å². The van der Waals surface area contributed by atoms with E-state index in [9.17, 15) is 0 Å². The van der Waals surface area contributed by atoms with E-state index in [1.54, 1.807) is 6.20 Å². The molecule has 0 saturated carbocycles. The van der Waals surface area contributed by atoms with Gasteiger partial charge in [0.05, 0.1) is 0 Å². The standard InChI is InChI=1S/C8H13ClN2/c1-6(5-7(2)9)8-10-3-4-11-8/h3-4,6-7H,5H2,1-2H3,(H,10,11). The fraction of sp³-hybridized carbons (Fsp3) is 0.625. The molecular weight excluding hydrogens is 160 g/mol. The van der Waals surface area contributed by atoms with Crippen molar-refractivity contribution in [3.63, 3.8) is 0 Å². The maximum atomic E-state index is 5.85. The summed E-state index contributed by atoms with van der Waals surface area (Å²) in [6.45, 7) is 4.12. The predicted octanol–water partition coefficient (Wildman–Crippen LogP) is 2.53. The smallest absolute Gasteiger partial charge is 0.108 e. The molecule has 3 heteroatoms. The topological polar surface area (TPSA) is 28.7 Å². The predicted molar refractivity (Wildman–Crippen MR) is 46.9 cm³/mol. The number of nitrogens with one attached hydrogen (secondary N) is 1. The van der Waals surface area contributed by atoms with Gasteiger partial charge in [-0.25, -0.2) is 4.98 Å². The molecule has 0 aliphatic rings. The van der Waals surface area contributed by atoms with E-state index in [2.05, 4.69) is 16.9 Å². The molecule has 0 amide bonds. The van der Waals surface area contributed by atoms with Gasteiger partial charge in [-0.3, -0.25) is 0 Å². The molecule has 2 nitrogen and oxygen atoms in total. The molecule has 0 aliphatic heterocycles. The molecule has 1 aromatic rings. The SMILES string of the molecule is CC(Cl)CC(C)c1ncc[nH]1. The molecule has 2 atom stereocenters.